The minimum atomic E-state index is -0.476. The number of hydrogen-bond acceptors (Lipinski definition) is 5. The van der Waals surface area contributed by atoms with E-state index in [4.69, 9.17) is 9.47 Å². The van der Waals surface area contributed by atoms with Gasteiger partial charge >= 0.3 is 11.9 Å². The number of likely N-dealkylation sites (N-methyl/N-ethyl adjacent to an activating group) is 1. The Morgan fingerprint density at radius 2 is 1.25 bits per heavy atom. The minimum Gasteiger partial charge on any atom is -0.462 e. The van der Waals surface area contributed by atoms with Gasteiger partial charge in [0.2, 0.25) is 0 Å². The third kappa shape index (κ3) is 9.36. The van der Waals surface area contributed by atoms with E-state index in [1.165, 1.54) is 32.1 Å². The molecule has 0 radical (unpaired) electrons. The Hall–Kier alpha value is -1.88. The topological polar surface area (TPSA) is 55.8 Å². The first kappa shape index (κ1) is 24.2. The number of unbranched alkanes of at least 4 members (excludes halogenated alkanes) is 6. The predicted octanol–water partition coefficient (Wildman–Crippen LogP) is 5.09. The molecule has 0 N–H and O–H groups in total. The Labute approximate surface area is 170 Å². The summed E-state index contributed by atoms with van der Waals surface area (Å²) in [6.07, 6.45) is 8.14. The summed E-state index contributed by atoms with van der Waals surface area (Å²) in [5.74, 6) is -0.932. The summed E-state index contributed by atoms with van der Waals surface area (Å²) in [5, 5.41) is 0. The van der Waals surface area contributed by atoms with E-state index in [-0.39, 0.29) is 11.1 Å². The molecule has 5 nitrogen and oxygen atoms in total. The van der Waals surface area contributed by atoms with Crippen molar-refractivity contribution in [1.82, 2.24) is 4.90 Å². The fraction of sp³-hybridized carbons (Fsp3) is 0.652. The highest BCUT2D eigenvalue weighted by atomic mass is 16.5. The molecule has 1 aromatic carbocycles. The second kappa shape index (κ2) is 15.1. The molecule has 0 bridgehead atoms. The monoisotopic (exact) mass is 391 g/mol. The Morgan fingerprint density at radius 3 is 1.79 bits per heavy atom. The largest absolute Gasteiger partial charge is 0.462 e. The van der Waals surface area contributed by atoms with E-state index < -0.39 is 11.9 Å². The summed E-state index contributed by atoms with van der Waals surface area (Å²) in [6, 6.07) is 6.70. The van der Waals surface area contributed by atoms with Gasteiger partial charge in [0.1, 0.15) is 6.61 Å². The number of carbonyl (C=O) groups is 2. The fourth-order valence-corrected chi connectivity index (χ4v) is 3.03. The fourth-order valence-electron chi connectivity index (χ4n) is 3.03. The summed E-state index contributed by atoms with van der Waals surface area (Å²) in [4.78, 5) is 26.9. The molecule has 0 saturated heterocycles. The molecule has 0 unspecified atom stereocenters. The molecule has 0 spiro atoms. The molecule has 0 saturated carbocycles. The van der Waals surface area contributed by atoms with Gasteiger partial charge in [0.15, 0.2) is 0 Å². The highest BCUT2D eigenvalue weighted by Gasteiger charge is 2.19. The van der Waals surface area contributed by atoms with Crippen molar-refractivity contribution in [3.05, 3.63) is 35.4 Å². The number of nitrogens with zero attached hydrogens (tertiary/aromatic N) is 1. The first-order valence-corrected chi connectivity index (χ1v) is 10.8. The molecular formula is C23H37NO4. The maximum Gasteiger partial charge on any atom is 0.339 e. The van der Waals surface area contributed by atoms with E-state index in [9.17, 15) is 9.59 Å². The van der Waals surface area contributed by atoms with Crippen molar-refractivity contribution in [1.29, 1.82) is 0 Å². The minimum absolute atomic E-state index is 0.270. The van der Waals surface area contributed by atoms with E-state index in [0.29, 0.717) is 19.8 Å². The molecule has 0 fully saturated rings. The van der Waals surface area contributed by atoms with E-state index >= 15 is 0 Å². The number of rotatable bonds is 15. The quantitative estimate of drug-likeness (QED) is 0.308. The zero-order valence-electron chi connectivity index (χ0n) is 17.9. The molecule has 1 rings (SSSR count). The van der Waals surface area contributed by atoms with E-state index in [0.717, 1.165) is 25.9 Å². The van der Waals surface area contributed by atoms with Crippen LogP contribution in [0.1, 0.15) is 86.4 Å². The average Bonchev–Trinajstić information content (AvgIpc) is 2.72. The molecule has 158 valence electrons. The SMILES string of the molecule is CCCCCCCCCOC(=O)c1ccccc1C(=O)OCCN(CC)CC. The van der Waals surface area contributed by atoms with E-state index in [2.05, 4.69) is 25.7 Å². The molecule has 0 aromatic heterocycles. The summed E-state index contributed by atoms with van der Waals surface area (Å²) in [5.41, 5.74) is 0.546. The number of esters is 2. The lowest BCUT2D eigenvalue weighted by molar-refractivity contribution is 0.0432. The smallest absolute Gasteiger partial charge is 0.339 e. The molecule has 0 heterocycles. The van der Waals surface area contributed by atoms with Crippen LogP contribution in [-0.4, -0.2) is 49.7 Å². The van der Waals surface area contributed by atoms with Gasteiger partial charge in [0.25, 0.3) is 0 Å². The van der Waals surface area contributed by atoms with Crippen LogP contribution in [0.25, 0.3) is 0 Å². The lowest BCUT2D eigenvalue weighted by atomic mass is 10.1. The van der Waals surface area contributed by atoms with E-state index in [1.807, 2.05) is 0 Å². The first-order chi connectivity index (χ1) is 13.6. The predicted molar refractivity (Wildman–Crippen MR) is 113 cm³/mol. The van der Waals surface area contributed by atoms with Gasteiger partial charge in [-0.2, -0.15) is 0 Å². The zero-order valence-corrected chi connectivity index (χ0v) is 17.9. The first-order valence-electron chi connectivity index (χ1n) is 10.8. The summed E-state index contributed by atoms with van der Waals surface area (Å²) in [7, 11) is 0. The summed E-state index contributed by atoms with van der Waals surface area (Å²) < 4.78 is 10.7. The molecule has 0 aliphatic heterocycles. The van der Waals surface area contributed by atoms with Crippen LogP contribution < -0.4 is 0 Å². The number of benzene rings is 1. The van der Waals surface area contributed by atoms with E-state index in [1.54, 1.807) is 24.3 Å². The second-order valence-electron chi connectivity index (χ2n) is 6.97. The number of ether oxygens (including phenoxy) is 2. The Bertz CT molecular complexity index is 569. The Balaban J connectivity index is 2.42. The second-order valence-corrected chi connectivity index (χ2v) is 6.97. The van der Waals surface area contributed by atoms with Crippen LogP contribution in [0.5, 0.6) is 0 Å². The Morgan fingerprint density at radius 1 is 0.750 bits per heavy atom. The number of carbonyl (C=O) groups excluding carboxylic acids is 2. The highest BCUT2D eigenvalue weighted by molar-refractivity contribution is 6.03. The highest BCUT2D eigenvalue weighted by Crippen LogP contribution is 2.13. The lowest BCUT2D eigenvalue weighted by Crippen LogP contribution is -2.28. The molecular weight excluding hydrogens is 354 g/mol. The molecule has 5 heteroatoms. The van der Waals surface area contributed by atoms with Crippen LogP contribution in [0.15, 0.2) is 24.3 Å². The Kier molecular flexibility index (Phi) is 13.0. The molecule has 0 aliphatic carbocycles. The van der Waals surface area contributed by atoms with Gasteiger partial charge in [-0.3, -0.25) is 0 Å². The third-order valence-electron chi connectivity index (χ3n) is 4.88. The van der Waals surface area contributed by atoms with Gasteiger partial charge < -0.3 is 14.4 Å². The van der Waals surface area contributed by atoms with Crippen LogP contribution in [0.2, 0.25) is 0 Å². The molecule has 0 atom stereocenters. The van der Waals surface area contributed by atoms with Crippen molar-refractivity contribution in [3.8, 4) is 0 Å². The standard InChI is InChI=1S/C23H37NO4/c1-4-7-8-9-10-11-14-18-27-22(25)20-15-12-13-16-21(20)23(26)28-19-17-24(5-2)6-3/h12-13,15-16H,4-11,14,17-19H2,1-3H3. The van der Waals surface area contributed by atoms with Crippen molar-refractivity contribution in [2.24, 2.45) is 0 Å². The van der Waals surface area contributed by atoms with Crippen LogP contribution in [0, 0.1) is 0 Å². The van der Waals surface area contributed by atoms with Crippen molar-refractivity contribution in [2.75, 3.05) is 32.8 Å². The third-order valence-corrected chi connectivity index (χ3v) is 4.88. The van der Waals surface area contributed by atoms with Gasteiger partial charge in [0, 0.05) is 6.54 Å². The zero-order chi connectivity index (χ0) is 20.6. The van der Waals surface area contributed by atoms with Gasteiger partial charge in [-0.15, -0.1) is 0 Å². The molecule has 0 aliphatic rings. The van der Waals surface area contributed by atoms with Gasteiger partial charge in [0.05, 0.1) is 17.7 Å². The maximum atomic E-state index is 12.4. The summed E-state index contributed by atoms with van der Waals surface area (Å²) in [6.45, 7) is 9.55. The van der Waals surface area contributed by atoms with Gasteiger partial charge in [-0.25, -0.2) is 9.59 Å². The molecule has 1 aromatic rings. The lowest BCUT2D eigenvalue weighted by Gasteiger charge is -2.17. The van der Waals surface area contributed by atoms with Crippen LogP contribution in [0.3, 0.4) is 0 Å². The average molecular weight is 392 g/mol. The molecule has 28 heavy (non-hydrogen) atoms. The maximum absolute atomic E-state index is 12.4. The number of hydrogen-bond donors (Lipinski definition) is 0. The van der Waals surface area contributed by atoms with Crippen molar-refractivity contribution >= 4 is 11.9 Å². The van der Waals surface area contributed by atoms with Crippen LogP contribution in [-0.2, 0) is 9.47 Å². The van der Waals surface area contributed by atoms with Gasteiger partial charge in [-0.1, -0.05) is 71.4 Å². The van der Waals surface area contributed by atoms with Crippen LogP contribution >= 0.6 is 0 Å². The van der Waals surface area contributed by atoms with Crippen LogP contribution in [0.4, 0.5) is 0 Å². The van der Waals surface area contributed by atoms with Crippen molar-refractivity contribution < 1.29 is 19.1 Å². The normalized spacial score (nSPS) is 10.9. The van der Waals surface area contributed by atoms with Crippen molar-refractivity contribution in [3.63, 3.8) is 0 Å². The summed E-state index contributed by atoms with van der Waals surface area (Å²) >= 11 is 0. The van der Waals surface area contributed by atoms with Gasteiger partial charge in [-0.05, 0) is 31.6 Å². The van der Waals surface area contributed by atoms with Crippen molar-refractivity contribution in [2.45, 2.75) is 65.7 Å². The molecule has 0 amide bonds.